The molecule has 2 N–H and O–H groups in total. The molecule has 4 rings (SSSR count). The first-order chi connectivity index (χ1) is 14.9. The number of nitrogens with zero attached hydrogens (tertiary/aromatic N) is 4. The van der Waals surface area contributed by atoms with Gasteiger partial charge in [-0.25, -0.2) is 4.39 Å². The Morgan fingerprint density at radius 2 is 2.23 bits per heavy atom. The molecule has 0 saturated carbocycles. The van der Waals surface area contributed by atoms with Crippen LogP contribution in [-0.2, 0) is 4.79 Å². The summed E-state index contributed by atoms with van der Waals surface area (Å²) in [6.45, 7) is 1.91. The summed E-state index contributed by atoms with van der Waals surface area (Å²) < 4.78 is 21.3. The van der Waals surface area contributed by atoms with Crippen molar-refractivity contribution in [1.29, 1.82) is 0 Å². The zero-order valence-corrected chi connectivity index (χ0v) is 17.8. The van der Waals surface area contributed by atoms with Gasteiger partial charge in [0.25, 0.3) is 5.91 Å². The number of amides is 2. The molecule has 9 nitrogen and oxygen atoms in total. The van der Waals surface area contributed by atoms with E-state index >= 15 is 0 Å². The molecule has 11 heteroatoms. The molecule has 1 saturated heterocycles. The van der Waals surface area contributed by atoms with Crippen molar-refractivity contribution in [2.24, 2.45) is 0 Å². The molecule has 0 radical (unpaired) electrons. The number of H-pyrrole nitrogens is 1. The van der Waals surface area contributed by atoms with E-state index in [2.05, 4.69) is 20.4 Å². The number of hydrogen-bond acceptors (Lipinski definition) is 5. The molecule has 1 aliphatic rings. The van der Waals surface area contributed by atoms with Gasteiger partial charge in [0.05, 0.1) is 30.9 Å². The number of fused-ring (bicyclic) bond motifs is 1. The van der Waals surface area contributed by atoms with Gasteiger partial charge < -0.3 is 19.9 Å². The van der Waals surface area contributed by atoms with Crippen LogP contribution in [0.3, 0.4) is 0 Å². The van der Waals surface area contributed by atoms with E-state index in [0.717, 1.165) is 5.39 Å². The first-order valence-electron chi connectivity index (χ1n) is 9.83. The Morgan fingerprint density at radius 3 is 2.90 bits per heavy atom. The molecule has 3 atom stereocenters. The highest BCUT2D eigenvalue weighted by atomic mass is 35.5. The lowest BCUT2D eigenvalue weighted by molar-refractivity contribution is -0.137. The molecule has 3 aromatic heterocycles. The van der Waals surface area contributed by atoms with Crippen LogP contribution in [-0.4, -0.2) is 68.9 Å². The van der Waals surface area contributed by atoms with Crippen molar-refractivity contribution in [3.8, 4) is 5.88 Å². The normalized spacial score (nSPS) is 19.9. The van der Waals surface area contributed by atoms with Gasteiger partial charge >= 0.3 is 0 Å². The lowest BCUT2D eigenvalue weighted by Crippen LogP contribution is -2.54. The number of rotatable bonds is 5. The maximum absolute atomic E-state index is 14.8. The number of pyridine rings is 1. The van der Waals surface area contributed by atoms with E-state index in [4.69, 9.17) is 16.3 Å². The second-order valence-electron chi connectivity index (χ2n) is 7.46. The Bertz CT molecular complexity index is 1120. The Balaban J connectivity index is 1.37. The number of carbonyl (C=O) groups excluding carboxylic acids is 2. The van der Waals surface area contributed by atoms with Crippen molar-refractivity contribution in [1.82, 2.24) is 30.0 Å². The highest BCUT2D eigenvalue weighted by Crippen LogP contribution is 2.21. The molecule has 1 aliphatic heterocycles. The Kier molecular flexibility index (Phi) is 5.81. The first kappa shape index (κ1) is 21.1. The number of nitrogens with one attached hydrogen (secondary N) is 2. The van der Waals surface area contributed by atoms with Crippen LogP contribution >= 0.6 is 11.6 Å². The summed E-state index contributed by atoms with van der Waals surface area (Å²) in [6, 6.07) is 3.84. The van der Waals surface area contributed by atoms with Crippen LogP contribution in [0.25, 0.3) is 11.0 Å². The summed E-state index contributed by atoms with van der Waals surface area (Å²) in [5, 5.41) is 7.93. The molecule has 3 unspecified atom stereocenters. The summed E-state index contributed by atoms with van der Waals surface area (Å²) >= 11 is 5.86. The number of methoxy groups -OCH3 is 1. The van der Waals surface area contributed by atoms with Gasteiger partial charge in [0, 0.05) is 24.2 Å². The largest absolute Gasteiger partial charge is 0.481 e. The van der Waals surface area contributed by atoms with Crippen molar-refractivity contribution in [3.05, 3.63) is 41.3 Å². The Morgan fingerprint density at radius 1 is 1.42 bits per heavy atom. The van der Waals surface area contributed by atoms with Gasteiger partial charge in [0.1, 0.15) is 23.6 Å². The molecule has 0 aliphatic carbocycles. The van der Waals surface area contributed by atoms with Crippen molar-refractivity contribution < 1.29 is 18.7 Å². The van der Waals surface area contributed by atoms with Crippen LogP contribution in [0.1, 0.15) is 29.9 Å². The van der Waals surface area contributed by atoms with Crippen LogP contribution in [0.2, 0.25) is 5.02 Å². The van der Waals surface area contributed by atoms with Gasteiger partial charge in [-0.3, -0.25) is 14.3 Å². The lowest BCUT2D eigenvalue weighted by Gasteiger charge is -2.36. The number of aromatic nitrogens is 4. The summed E-state index contributed by atoms with van der Waals surface area (Å²) in [7, 11) is 1.51. The number of carbonyl (C=O) groups is 2. The van der Waals surface area contributed by atoms with Crippen LogP contribution < -0.4 is 10.1 Å². The van der Waals surface area contributed by atoms with Gasteiger partial charge in [0.15, 0.2) is 0 Å². The van der Waals surface area contributed by atoms with E-state index in [1.165, 1.54) is 22.9 Å². The molecular formula is C20H22ClFN6O3. The number of likely N-dealkylation sites (tertiary alicyclic amines) is 1. The lowest BCUT2D eigenvalue weighted by atomic mass is 10.0. The topological polar surface area (TPSA) is 105 Å². The fourth-order valence-electron chi connectivity index (χ4n) is 3.64. The predicted molar refractivity (Wildman–Crippen MR) is 112 cm³/mol. The monoisotopic (exact) mass is 448 g/mol. The van der Waals surface area contributed by atoms with Gasteiger partial charge in [0.2, 0.25) is 11.8 Å². The highest BCUT2D eigenvalue weighted by Gasteiger charge is 2.34. The summed E-state index contributed by atoms with van der Waals surface area (Å²) in [5.41, 5.74) is 0.792. The zero-order valence-electron chi connectivity index (χ0n) is 17.0. The molecule has 164 valence electrons. The van der Waals surface area contributed by atoms with Crippen LogP contribution in [0.4, 0.5) is 4.39 Å². The third-order valence-corrected chi connectivity index (χ3v) is 5.60. The maximum Gasteiger partial charge on any atom is 0.268 e. The SMILES string of the molecule is COc1ccc2cc(C(=O)NC3CCN(C(=O)C(C)n4cc(Cl)cn4)CC3F)[nH]c2n1. The van der Waals surface area contributed by atoms with Crippen LogP contribution in [0.15, 0.2) is 30.6 Å². The molecule has 0 bridgehead atoms. The van der Waals surface area contributed by atoms with E-state index in [1.807, 2.05) is 0 Å². The maximum atomic E-state index is 14.8. The van der Waals surface area contributed by atoms with Gasteiger partial charge in [-0.05, 0) is 25.5 Å². The molecule has 0 aromatic carbocycles. The third-order valence-electron chi connectivity index (χ3n) is 5.40. The molecule has 1 fully saturated rings. The quantitative estimate of drug-likeness (QED) is 0.623. The molecule has 3 aromatic rings. The van der Waals surface area contributed by atoms with E-state index in [9.17, 15) is 14.0 Å². The second-order valence-corrected chi connectivity index (χ2v) is 7.89. The third kappa shape index (κ3) is 4.34. The van der Waals surface area contributed by atoms with Crippen molar-refractivity contribution in [3.63, 3.8) is 0 Å². The van der Waals surface area contributed by atoms with Crippen LogP contribution in [0.5, 0.6) is 5.88 Å². The molecule has 2 amide bonds. The van der Waals surface area contributed by atoms with E-state index in [0.29, 0.717) is 29.5 Å². The average Bonchev–Trinajstić information content (AvgIpc) is 3.39. The second kappa shape index (κ2) is 8.54. The first-order valence-corrected chi connectivity index (χ1v) is 10.2. The van der Waals surface area contributed by atoms with Gasteiger partial charge in [-0.2, -0.15) is 10.1 Å². The smallest absolute Gasteiger partial charge is 0.268 e. The van der Waals surface area contributed by atoms with Gasteiger partial charge in [-0.1, -0.05) is 11.6 Å². The summed E-state index contributed by atoms with van der Waals surface area (Å²) in [5.74, 6) is -0.249. The molecule has 4 heterocycles. The molecular weight excluding hydrogens is 427 g/mol. The number of piperidine rings is 1. The van der Waals surface area contributed by atoms with Gasteiger partial charge in [-0.15, -0.1) is 0 Å². The highest BCUT2D eigenvalue weighted by molar-refractivity contribution is 6.30. The number of halogens is 2. The number of alkyl halides is 1. The minimum absolute atomic E-state index is 0.103. The minimum atomic E-state index is -1.39. The van der Waals surface area contributed by atoms with Crippen molar-refractivity contribution >= 4 is 34.4 Å². The molecule has 31 heavy (non-hydrogen) atoms. The van der Waals surface area contributed by atoms with Crippen molar-refractivity contribution in [2.45, 2.75) is 31.6 Å². The van der Waals surface area contributed by atoms with E-state index in [-0.39, 0.29) is 18.1 Å². The number of ether oxygens (including phenoxy) is 1. The Hall–Kier alpha value is -3.14. The van der Waals surface area contributed by atoms with E-state index < -0.39 is 24.2 Å². The standard InChI is InChI=1S/C20H22ClFN6O3/c1-11(28-9-13(21)8-23-28)20(30)27-6-5-15(14(22)10-27)25-19(29)16-7-12-3-4-17(31-2)26-18(12)24-16/h3-4,7-9,11,14-15H,5-6,10H2,1-2H3,(H,24,26)(H,25,29). The van der Waals surface area contributed by atoms with Crippen LogP contribution in [0, 0.1) is 0 Å². The van der Waals surface area contributed by atoms with Crippen molar-refractivity contribution in [2.75, 3.05) is 20.2 Å². The summed E-state index contributed by atoms with van der Waals surface area (Å²) in [6.07, 6.45) is 1.91. The average molecular weight is 449 g/mol. The minimum Gasteiger partial charge on any atom is -0.481 e. The fraction of sp³-hybridized carbons (Fsp3) is 0.400. The molecule has 0 spiro atoms. The predicted octanol–water partition coefficient (Wildman–Crippen LogP) is 2.35. The Labute approximate surface area is 182 Å². The number of hydrogen-bond donors (Lipinski definition) is 2. The van der Waals surface area contributed by atoms with E-state index in [1.54, 1.807) is 31.3 Å². The number of aromatic amines is 1. The zero-order chi connectivity index (χ0) is 22.1. The summed E-state index contributed by atoms with van der Waals surface area (Å²) in [4.78, 5) is 33.9. The fourth-order valence-corrected chi connectivity index (χ4v) is 3.79.